The fraction of sp³-hybridized carbons (Fsp3) is 0.647. The summed E-state index contributed by atoms with van der Waals surface area (Å²) in [4.78, 5) is 0. The van der Waals surface area contributed by atoms with Crippen LogP contribution < -0.4 is 0 Å². The van der Waals surface area contributed by atoms with Gasteiger partial charge in [-0.3, -0.25) is 8.37 Å². The van der Waals surface area contributed by atoms with Crippen molar-refractivity contribution in [2.75, 3.05) is 39.4 Å². The molecule has 172 valence electrons. The van der Waals surface area contributed by atoms with Gasteiger partial charge in [0.05, 0.1) is 39.1 Å². The molecule has 1 aromatic rings. The lowest BCUT2D eigenvalue weighted by Gasteiger charge is -2.28. The van der Waals surface area contributed by atoms with Crippen molar-refractivity contribution >= 4 is 31.8 Å². The van der Waals surface area contributed by atoms with E-state index < -0.39 is 44.1 Å². The quantitative estimate of drug-likeness (QED) is 0.565. The third kappa shape index (κ3) is 6.58. The summed E-state index contributed by atoms with van der Waals surface area (Å²) < 4.78 is 68.8. The van der Waals surface area contributed by atoms with Crippen LogP contribution in [0.3, 0.4) is 0 Å². The first-order chi connectivity index (χ1) is 13.9. The van der Waals surface area contributed by atoms with Crippen LogP contribution in [0.5, 0.6) is 0 Å². The van der Waals surface area contributed by atoms with Crippen LogP contribution in [0.4, 0.5) is 0 Å². The molecule has 3 rings (SSSR count). The Kier molecular flexibility index (Phi) is 8.64. The number of hydrogen-bond donors (Lipinski definition) is 1. The van der Waals surface area contributed by atoms with Gasteiger partial charge in [0.2, 0.25) is 0 Å². The van der Waals surface area contributed by atoms with E-state index in [2.05, 4.69) is 4.18 Å². The number of aliphatic hydroxyl groups is 1. The molecule has 13 heteroatoms. The fourth-order valence-corrected chi connectivity index (χ4v) is 4.67. The Labute approximate surface area is 181 Å². The Morgan fingerprint density at radius 2 is 1.87 bits per heavy atom. The molecule has 2 aliphatic rings. The molecule has 0 radical (unpaired) electrons. The summed E-state index contributed by atoms with van der Waals surface area (Å²) in [7, 11) is -4.29. The zero-order valence-corrected chi connectivity index (χ0v) is 19.1. The van der Waals surface area contributed by atoms with Crippen molar-refractivity contribution in [3.05, 3.63) is 34.9 Å². The van der Waals surface area contributed by atoms with Crippen LogP contribution in [0.2, 0.25) is 5.02 Å². The average molecular weight is 489 g/mol. The highest BCUT2D eigenvalue weighted by atomic mass is 35.5. The van der Waals surface area contributed by atoms with Gasteiger partial charge < -0.3 is 19.3 Å². The molecule has 1 spiro atoms. The molecule has 4 atom stereocenters. The first kappa shape index (κ1) is 25.4. The monoisotopic (exact) mass is 488 g/mol. The molecular formula is C17H25ClO10S2. The van der Waals surface area contributed by atoms with E-state index in [9.17, 15) is 21.9 Å². The van der Waals surface area contributed by atoms with Crippen LogP contribution in [0.1, 0.15) is 5.56 Å². The molecule has 1 aromatic carbocycles. The molecule has 0 amide bonds. The van der Waals surface area contributed by atoms with Gasteiger partial charge in [-0.1, -0.05) is 23.7 Å². The van der Waals surface area contributed by atoms with Crippen LogP contribution in [-0.4, -0.2) is 79.4 Å². The summed E-state index contributed by atoms with van der Waals surface area (Å²) >= 11 is 5.86. The summed E-state index contributed by atoms with van der Waals surface area (Å²) in [6.45, 7) is -0.192. The number of rotatable bonds is 6. The molecule has 0 aromatic heterocycles. The second kappa shape index (κ2) is 10.2. The normalized spacial score (nSPS) is 30.2. The second-order valence-corrected chi connectivity index (χ2v) is 10.6. The van der Waals surface area contributed by atoms with Gasteiger partial charge >= 0.3 is 0 Å². The van der Waals surface area contributed by atoms with Crippen LogP contribution in [0, 0.1) is 5.92 Å². The van der Waals surface area contributed by atoms with Crippen molar-refractivity contribution in [3.63, 3.8) is 0 Å². The Hall–Kier alpha value is -0.830. The predicted molar refractivity (Wildman–Crippen MR) is 107 cm³/mol. The van der Waals surface area contributed by atoms with E-state index in [1.165, 1.54) is 7.11 Å². The first-order valence-corrected chi connectivity index (χ1v) is 12.5. The van der Waals surface area contributed by atoms with Gasteiger partial charge in [0, 0.05) is 12.1 Å². The summed E-state index contributed by atoms with van der Waals surface area (Å²) in [5.74, 6) is -0.846. The van der Waals surface area contributed by atoms with Crippen molar-refractivity contribution in [1.29, 1.82) is 0 Å². The first-order valence-electron chi connectivity index (χ1n) is 8.75. The van der Waals surface area contributed by atoms with Gasteiger partial charge in [-0.2, -0.15) is 16.8 Å². The topological polar surface area (TPSA) is 135 Å². The van der Waals surface area contributed by atoms with Gasteiger partial charge in [0.15, 0.2) is 6.29 Å². The Balaban J connectivity index is 0.000000469. The minimum absolute atomic E-state index is 0.156. The van der Waals surface area contributed by atoms with Crippen LogP contribution in [0.15, 0.2) is 24.3 Å². The number of aliphatic hydroxyl groups excluding tert-OH is 1. The van der Waals surface area contributed by atoms with E-state index in [0.29, 0.717) is 5.02 Å². The van der Waals surface area contributed by atoms with Crippen LogP contribution >= 0.6 is 11.6 Å². The second-order valence-electron chi connectivity index (χ2n) is 6.83. The zero-order valence-electron chi connectivity index (χ0n) is 16.7. The number of halogens is 1. The van der Waals surface area contributed by atoms with E-state index in [-0.39, 0.29) is 25.6 Å². The summed E-state index contributed by atoms with van der Waals surface area (Å²) in [5.41, 5.74) is -0.312. The van der Waals surface area contributed by atoms with E-state index in [0.717, 1.165) is 18.9 Å². The van der Waals surface area contributed by atoms with Crippen molar-refractivity contribution in [3.8, 4) is 0 Å². The zero-order chi connectivity index (χ0) is 22.6. The maximum Gasteiger partial charge on any atom is 0.270 e. The maximum atomic E-state index is 11.8. The fourth-order valence-electron chi connectivity index (χ4n) is 3.17. The minimum atomic E-state index is -3.68. The summed E-state index contributed by atoms with van der Waals surface area (Å²) in [6.07, 6.45) is -0.449. The Bertz CT molecular complexity index is 903. The van der Waals surface area contributed by atoms with Gasteiger partial charge in [0.25, 0.3) is 20.2 Å². The van der Waals surface area contributed by atoms with Crippen LogP contribution in [-0.2, 0) is 49.4 Å². The molecule has 1 unspecified atom stereocenters. The Morgan fingerprint density at radius 1 is 1.27 bits per heavy atom. The van der Waals surface area contributed by atoms with Gasteiger partial charge in [-0.05, 0) is 17.7 Å². The summed E-state index contributed by atoms with van der Waals surface area (Å²) in [5, 5.41) is 10.3. The SMILES string of the molecule is COS(C)(=O)=O.CO[C@H]1OC2(COS(=O)(=O)C2)[C@@H](OCc2ccc(Cl)cc2)[C@H]1CO. The van der Waals surface area contributed by atoms with Gasteiger partial charge in [0.1, 0.15) is 17.5 Å². The predicted octanol–water partition coefficient (Wildman–Crippen LogP) is 0.528. The highest BCUT2D eigenvalue weighted by molar-refractivity contribution is 7.87. The molecule has 0 saturated carbocycles. The summed E-state index contributed by atoms with van der Waals surface area (Å²) in [6, 6.07) is 7.11. The highest BCUT2D eigenvalue weighted by Crippen LogP contribution is 2.42. The average Bonchev–Trinajstić information content (AvgIpc) is 3.16. The van der Waals surface area contributed by atoms with Gasteiger partial charge in [-0.25, -0.2) is 0 Å². The van der Waals surface area contributed by atoms with Crippen LogP contribution in [0.25, 0.3) is 0 Å². The molecule has 0 aliphatic carbocycles. The maximum absolute atomic E-state index is 11.8. The van der Waals surface area contributed by atoms with E-state index in [1.807, 2.05) is 12.1 Å². The molecule has 0 bridgehead atoms. The van der Waals surface area contributed by atoms with Crippen molar-refractivity contribution < 1.29 is 44.5 Å². The van der Waals surface area contributed by atoms with Crippen molar-refractivity contribution in [2.24, 2.45) is 5.92 Å². The smallest absolute Gasteiger partial charge is 0.270 e. The molecule has 2 heterocycles. The van der Waals surface area contributed by atoms with Gasteiger partial charge in [-0.15, -0.1) is 0 Å². The Morgan fingerprint density at radius 3 is 2.30 bits per heavy atom. The lowest BCUT2D eigenvalue weighted by Crippen LogP contribution is -2.47. The molecule has 10 nitrogen and oxygen atoms in total. The highest BCUT2D eigenvalue weighted by Gasteiger charge is 2.61. The third-order valence-electron chi connectivity index (χ3n) is 4.60. The van der Waals surface area contributed by atoms with E-state index >= 15 is 0 Å². The lowest BCUT2D eigenvalue weighted by molar-refractivity contribution is -0.170. The number of methoxy groups -OCH3 is 1. The van der Waals surface area contributed by atoms with E-state index in [4.69, 9.17) is 30.0 Å². The minimum Gasteiger partial charge on any atom is -0.396 e. The molecule has 2 saturated heterocycles. The number of ether oxygens (including phenoxy) is 3. The molecule has 30 heavy (non-hydrogen) atoms. The molecule has 2 fully saturated rings. The number of hydrogen-bond acceptors (Lipinski definition) is 10. The molecule has 2 aliphatic heterocycles. The van der Waals surface area contributed by atoms with Crippen molar-refractivity contribution in [1.82, 2.24) is 0 Å². The third-order valence-corrected chi connectivity index (χ3v) is 6.78. The largest absolute Gasteiger partial charge is 0.396 e. The molecule has 1 N–H and O–H groups in total. The number of benzene rings is 1. The van der Waals surface area contributed by atoms with Crippen molar-refractivity contribution in [2.45, 2.75) is 24.6 Å². The molecular weight excluding hydrogens is 464 g/mol. The van der Waals surface area contributed by atoms with E-state index in [1.54, 1.807) is 12.1 Å². The standard InChI is InChI=1S/C15H19ClO7S.C2H6O3S/c1-20-14-12(6-17)13(15(23-14)8-22-24(18,19)9-15)21-7-10-2-4-11(16)5-3-10;1-5-6(2,3)4/h2-5,12-14,17H,6-9H2,1H3;1-2H3/t12-,13+,14+,15?;/m1./s1. The lowest BCUT2D eigenvalue weighted by atomic mass is 9.92.